The SMILES string of the molecule is COc1cccc(CNC(=O)N2C3CN(Cc4nccn4C)C(=O)[C@H](Cc4ccc(O)cc4)N3C(=O)CN2C)c1OC. The summed E-state index contributed by atoms with van der Waals surface area (Å²) in [6.07, 6.45) is 2.92. The number of aryl methyl sites for hydroxylation is 1. The number of likely N-dealkylation sites (N-methyl/N-ethyl adjacent to an activating group) is 1. The Balaban J connectivity index is 1.45. The molecule has 2 aromatic carbocycles. The molecule has 2 saturated heterocycles. The van der Waals surface area contributed by atoms with Crippen LogP contribution in [0.3, 0.4) is 0 Å². The number of rotatable bonds is 8. The molecule has 2 atom stereocenters. The Morgan fingerprint density at radius 1 is 1.10 bits per heavy atom. The zero-order valence-electron chi connectivity index (χ0n) is 24.1. The van der Waals surface area contributed by atoms with Gasteiger partial charge in [0.1, 0.15) is 23.8 Å². The lowest BCUT2D eigenvalue weighted by atomic mass is 9.98. The molecule has 2 aliphatic heterocycles. The van der Waals surface area contributed by atoms with Crippen molar-refractivity contribution in [1.82, 2.24) is 34.7 Å². The molecular weight excluding hydrogens is 542 g/mol. The Bertz CT molecular complexity index is 1460. The van der Waals surface area contributed by atoms with Gasteiger partial charge in [0.25, 0.3) is 0 Å². The number of carbonyl (C=O) groups is 3. The zero-order valence-corrected chi connectivity index (χ0v) is 24.1. The van der Waals surface area contributed by atoms with Crippen LogP contribution in [0.15, 0.2) is 54.9 Å². The van der Waals surface area contributed by atoms with Gasteiger partial charge in [0.2, 0.25) is 11.8 Å². The molecule has 1 unspecified atom stereocenters. The molecule has 222 valence electrons. The number of carbonyl (C=O) groups excluding carboxylic acids is 3. The van der Waals surface area contributed by atoms with Gasteiger partial charge in [-0.25, -0.2) is 19.8 Å². The van der Waals surface area contributed by atoms with Crippen LogP contribution in [0.5, 0.6) is 17.2 Å². The molecule has 4 amide bonds. The van der Waals surface area contributed by atoms with Crippen LogP contribution in [0.2, 0.25) is 0 Å². The van der Waals surface area contributed by atoms with E-state index in [1.54, 1.807) is 66.8 Å². The number of aromatic nitrogens is 2. The van der Waals surface area contributed by atoms with Crippen LogP contribution in [-0.2, 0) is 36.1 Å². The molecule has 0 spiro atoms. The van der Waals surface area contributed by atoms with Crippen LogP contribution < -0.4 is 14.8 Å². The summed E-state index contributed by atoms with van der Waals surface area (Å²) in [6, 6.07) is 10.7. The molecule has 0 radical (unpaired) electrons. The number of urea groups is 1. The number of methoxy groups -OCH3 is 2. The summed E-state index contributed by atoms with van der Waals surface area (Å²) in [5, 5.41) is 15.8. The second-order valence-electron chi connectivity index (χ2n) is 10.3. The summed E-state index contributed by atoms with van der Waals surface area (Å²) >= 11 is 0. The Hall–Kier alpha value is -4.78. The van der Waals surface area contributed by atoms with Crippen molar-refractivity contribution in [2.45, 2.75) is 31.7 Å². The molecule has 5 rings (SSSR count). The van der Waals surface area contributed by atoms with Crippen LogP contribution in [0.1, 0.15) is 17.0 Å². The van der Waals surface area contributed by atoms with E-state index in [0.29, 0.717) is 17.3 Å². The van der Waals surface area contributed by atoms with Gasteiger partial charge >= 0.3 is 6.03 Å². The van der Waals surface area contributed by atoms with Crippen LogP contribution in [0, 0.1) is 0 Å². The number of benzene rings is 2. The van der Waals surface area contributed by atoms with E-state index in [1.165, 1.54) is 17.0 Å². The Morgan fingerprint density at radius 2 is 1.86 bits per heavy atom. The molecule has 1 aromatic heterocycles. The smallest absolute Gasteiger partial charge is 0.334 e. The maximum absolute atomic E-state index is 13.9. The number of phenolic OH excluding ortho intramolecular Hbond substituents is 1. The first-order valence-electron chi connectivity index (χ1n) is 13.5. The normalized spacial score (nSPS) is 19.1. The second-order valence-corrected chi connectivity index (χ2v) is 10.3. The van der Waals surface area contributed by atoms with Gasteiger partial charge < -0.3 is 34.3 Å². The number of hydrogen-bond acceptors (Lipinski definition) is 8. The minimum absolute atomic E-state index is 0.0782. The second kappa shape index (κ2) is 12.0. The Morgan fingerprint density at radius 3 is 2.52 bits per heavy atom. The molecule has 0 aliphatic carbocycles. The maximum Gasteiger partial charge on any atom is 0.334 e. The number of para-hydroxylation sites is 1. The third-order valence-electron chi connectivity index (χ3n) is 7.68. The van der Waals surface area contributed by atoms with Gasteiger partial charge in [-0.1, -0.05) is 24.3 Å². The van der Waals surface area contributed by atoms with E-state index in [-0.39, 0.29) is 50.2 Å². The van der Waals surface area contributed by atoms with Crippen molar-refractivity contribution >= 4 is 17.8 Å². The summed E-state index contributed by atoms with van der Waals surface area (Å²) in [5.74, 6) is 1.36. The molecule has 0 saturated carbocycles. The lowest BCUT2D eigenvalue weighted by Crippen LogP contribution is -2.76. The van der Waals surface area contributed by atoms with Crippen molar-refractivity contribution in [3.63, 3.8) is 0 Å². The number of piperazine rings is 1. The third-order valence-corrected chi connectivity index (χ3v) is 7.68. The van der Waals surface area contributed by atoms with Gasteiger partial charge in [0.05, 0.1) is 33.9 Å². The van der Waals surface area contributed by atoms with Gasteiger partial charge in [-0.3, -0.25) is 9.59 Å². The summed E-state index contributed by atoms with van der Waals surface area (Å²) in [7, 11) is 6.61. The highest BCUT2D eigenvalue weighted by molar-refractivity contribution is 5.91. The zero-order chi connectivity index (χ0) is 30.0. The number of nitrogens with zero attached hydrogens (tertiary/aromatic N) is 6. The number of ether oxygens (including phenoxy) is 2. The number of imidazole rings is 1. The molecule has 3 aromatic rings. The van der Waals surface area contributed by atoms with Crippen molar-refractivity contribution in [1.29, 1.82) is 0 Å². The van der Waals surface area contributed by atoms with Gasteiger partial charge in [0, 0.05) is 45.0 Å². The largest absolute Gasteiger partial charge is 0.508 e. The van der Waals surface area contributed by atoms with Gasteiger partial charge in [0.15, 0.2) is 11.5 Å². The van der Waals surface area contributed by atoms with E-state index in [0.717, 1.165) is 11.1 Å². The lowest BCUT2D eigenvalue weighted by molar-refractivity contribution is -0.187. The fourth-order valence-electron chi connectivity index (χ4n) is 5.57. The average molecular weight is 578 g/mol. The fraction of sp³-hybridized carbons (Fsp3) is 0.379. The summed E-state index contributed by atoms with van der Waals surface area (Å²) < 4.78 is 12.7. The summed E-state index contributed by atoms with van der Waals surface area (Å²) in [6.45, 7) is 0.388. The van der Waals surface area contributed by atoms with E-state index in [1.807, 2.05) is 23.7 Å². The van der Waals surface area contributed by atoms with E-state index < -0.39 is 18.2 Å². The monoisotopic (exact) mass is 577 g/mol. The van der Waals surface area contributed by atoms with E-state index >= 15 is 0 Å². The van der Waals surface area contributed by atoms with Gasteiger partial charge in [-0.2, -0.15) is 0 Å². The number of hydrogen-bond donors (Lipinski definition) is 2. The van der Waals surface area contributed by atoms with Crippen molar-refractivity contribution in [3.8, 4) is 17.2 Å². The van der Waals surface area contributed by atoms with Crippen LogP contribution >= 0.6 is 0 Å². The van der Waals surface area contributed by atoms with Crippen molar-refractivity contribution in [2.75, 3.05) is 34.4 Å². The molecule has 3 heterocycles. The van der Waals surface area contributed by atoms with E-state index in [9.17, 15) is 19.5 Å². The summed E-state index contributed by atoms with van der Waals surface area (Å²) in [5.41, 5.74) is 1.50. The molecule has 2 fully saturated rings. The molecule has 2 N–H and O–H groups in total. The van der Waals surface area contributed by atoms with Gasteiger partial charge in [-0.05, 0) is 23.8 Å². The van der Waals surface area contributed by atoms with Gasteiger partial charge in [-0.15, -0.1) is 0 Å². The third kappa shape index (κ3) is 5.55. The molecule has 13 nitrogen and oxygen atoms in total. The average Bonchev–Trinajstić information content (AvgIpc) is 3.38. The standard InChI is InChI=1S/C29H35N7O6/c1-32-13-12-30-24(32)16-34-17-25-35(22(28(34)39)14-19-8-10-21(37)11-9-19)26(38)18-33(2)36(25)29(40)31-15-20-6-5-7-23(41-3)27(20)42-4/h5-13,22,25,37H,14-18H2,1-4H3,(H,31,40)/t22-,25?/m0/s1. The first-order valence-corrected chi connectivity index (χ1v) is 13.5. The quantitative estimate of drug-likeness (QED) is 0.410. The number of amides is 4. The van der Waals surface area contributed by atoms with E-state index in [2.05, 4.69) is 10.3 Å². The van der Waals surface area contributed by atoms with Crippen molar-refractivity contribution in [3.05, 3.63) is 71.8 Å². The molecular formula is C29H35N7O6. The highest BCUT2D eigenvalue weighted by Crippen LogP contribution is 2.31. The number of phenols is 1. The molecule has 0 bridgehead atoms. The predicted octanol–water partition coefficient (Wildman–Crippen LogP) is 1.32. The number of aromatic hydroxyl groups is 1. The molecule has 42 heavy (non-hydrogen) atoms. The fourth-order valence-corrected chi connectivity index (χ4v) is 5.57. The topological polar surface area (TPSA) is 133 Å². The minimum atomic E-state index is -0.858. The highest BCUT2D eigenvalue weighted by Gasteiger charge is 2.50. The highest BCUT2D eigenvalue weighted by atomic mass is 16.5. The number of fused-ring (bicyclic) bond motifs is 1. The molecule has 2 aliphatic rings. The van der Waals surface area contributed by atoms with E-state index in [4.69, 9.17) is 9.47 Å². The Kier molecular flexibility index (Phi) is 8.20. The van der Waals surface area contributed by atoms with Crippen LogP contribution in [0.4, 0.5) is 4.79 Å². The molecule has 13 heteroatoms. The van der Waals surface area contributed by atoms with Crippen molar-refractivity contribution < 1.29 is 29.0 Å². The first-order chi connectivity index (χ1) is 20.2. The predicted molar refractivity (Wildman–Crippen MR) is 151 cm³/mol. The number of hydrazine groups is 1. The first kappa shape index (κ1) is 28.7. The maximum atomic E-state index is 13.9. The summed E-state index contributed by atoms with van der Waals surface area (Å²) in [4.78, 5) is 48.7. The van der Waals surface area contributed by atoms with Crippen molar-refractivity contribution in [2.24, 2.45) is 7.05 Å². The lowest BCUT2D eigenvalue weighted by Gasteiger charge is -2.54. The number of nitrogens with one attached hydrogen (secondary N) is 1. The Labute approximate surface area is 243 Å². The minimum Gasteiger partial charge on any atom is -0.508 e. The van der Waals surface area contributed by atoms with Crippen LogP contribution in [0.25, 0.3) is 0 Å². The van der Waals surface area contributed by atoms with Crippen LogP contribution in [-0.4, -0.2) is 98.9 Å².